The molecule has 0 heterocycles. The molecule has 0 aliphatic heterocycles. The summed E-state index contributed by atoms with van der Waals surface area (Å²) >= 11 is 0. The Hall–Kier alpha value is -0.920. The minimum atomic E-state index is -0.348. The van der Waals surface area contributed by atoms with Gasteiger partial charge in [-0.1, -0.05) is 13.8 Å². The van der Waals surface area contributed by atoms with Gasteiger partial charge in [-0.3, -0.25) is 0 Å². The van der Waals surface area contributed by atoms with Crippen molar-refractivity contribution in [2.24, 2.45) is 0 Å². The SMILES string of the molecule is CC.Cc1c(F)ccc(F)c1C. The van der Waals surface area contributed by atoms with E-state index in [0.717, 1.165) is 12.1 Å². The predicted octanol–water partition coefficient (Wildman–Crippen LogP) is 3.61. The van der Waals surface area contributed by atoms with Crippen LogP contribution in [0.5, 0.6) is 0 Å². The molecule has 0 unspecified atom stereocenters. The largest absolute Gasteiger partial charge is 0.207 e. The van der Waals surface area contributed by atoms with Gasteiger partial charge in [-0.25, -0.2) is 8.78 Å². The molecule has 0 amide bonds. The van der Waals surface area contributed by atoms with Crippen molar-refractivity contribution < 1.29 is 8.78 Å². The van der Waals surface area contributed by atoms with Crippen LogP contribution < -0.4 is 0 Å². The van der Waals surface area contributed by atoms with Crippen molar-refractivity contribution in [3.63, 3.8) is 0 Å². The van der Waals surface area contributed by atoms with Gasteiger partial charge >= 0.3 is 0 Å². The second-order valence-electron chi connectivity index (χ2n) is 2.28. The Labute approximate surface area is 72.2 Å². The van der Waals surface area contributed by atoms with E-state index in [-0.39, 0.29) is 11.6 Å². The van der Waals surface area contributed by atoms with Gasteiger partial charge in [-0.2, -0.15) is 0 Å². The van der Waals surface area contributed by atoms with Crippen LogP contribution in [-0.4, -0.2) is 0 Å². The van der Waals surface area contributed by atoms with E-state index in [2.05, 4.69) is 0 Å². The first-order valence-electron chi connectivity index (χ1n) is 4.04. The molecule has 68 valence electrons. The molecule has 1 rings (SSSR count). The Balaban J connectivity index is 0.000000561. The zero-order chi connectivity index (χ0) is 9.72. The van der Waals surface area contributed by atoms with Gasteiger partial charge in [0.1, 0.15) is 11.6 Å². The van der Waals surface area contributed by atoms with Crippen LogP contribution in [0.4, 0.5) is 8.78 Å². The van der Waals surface area contributed by atoms with E-state index >= 15 is 0 Å². The summed E-state index contributed by atoms with van der Waals surface area (Å²) in [5.41, 5.74) is 0.778. The quantitative estimate of drug-likeness (QED) is 0.560. The minimum absolute atomic E-state index is 0.348. The van der Waals surface area contributed by atoms with Gasteiger partial charge in [0.05, 0.1) is 0 Å². The Kier molecular flexibility index (Phi) is 4.49. The van der Waals surface area contributed by atoms with E-state index in [1.165, 1.54) is 0 Å². The van der Waals surface area contributed by atoms with Crippen LogP contribution in [0.2, 0.25) is 0 Å². The summed E-state index contributed by atoms with van der Waals surface area (Å²) in [6.45, 7) is 7.13. The van der Waals surface area contributed by atoms with E-state index < -0.39 is 0 Å². The first-order valence-corrected chi connectivity index (χ1v) is 4.04. The summed E-state index contributed by atoms with van der Waals surface area (Å²) in [6.07, 6.45) is 0. The Morgan fingerprint density at radius 1 is 0.833 bits per heavy atom. The molecule has 0 aliphatic rings. The summed E-state index contributed by atoms with van der Waals surface area (Å²) in [7, 11) is 0. The lowest BCUT2D eigenvalue weighted by atomic mass is 10.1. The Bertz CT molecular complexity index is 227. The van der Waals surface area contributed by atoms with Crippen LogP contribution in [0.15, 0.2) is 12.1 Å². The molecule has 1 aromatic carbocycles. The van der Waals surface area contributed by atoms with E-state index in [1.807, 2.05) is 13.8 Å². The molecule has 0 saturated carbocycles. The van der Waals surface area contributed by atoms with Crippen molar-refractivity contribution in [1.82, 2.24) is 0 Å². The highest BCUT2D eigenvalue weighted by molar-refractivity contribution is 5.27. The van der Waals surface area contributed by atoms with E-state index in [1.54, 1.807) is 13.8 Å². The van der Waals surface area contributed by atoms with Gasteiger partial charge in [0.25, 0.3) is 0 Å². The summed E-state index contributed by atoms with van der Waals surface area (Å²) in [6, 6.07) is 2.27. The highest BCUT2D eigenvalue weighted by atomic mass is 19.1. The smallest absolute Gasteiger partial charge is 0.126 e. The van der Waals surface area contributed by atoms with Crippen molar-refractivity contribution in [2.75, 3.05) is 0 Å². The number of hydrogen-bond acceptors (Lipinski definition) is 0. The molecule has 0 atom stereocenters. The fourth-order valence-electron chi connectivity index (χ4n) is 0.755. The van der Waals surface area contributed by atoms with Crippen molar-refractivity contribution in [3.8, 4) is 0 Å². The standard InChI is InChI=1S/C8H8F2.C2H6/c1-5-6(2)8(10)4-3-7(5)9;1-2/h3-4H,1-2H3;1-2H3. The topological polar surface area (TPSA) is 0 Å². The molecule has 0 aromatic heterocycles. The highest BCUT2D eigenvalue weighted by Crippen LogP contribution is 2.14. The van der Waals surface area contributed by atoms with Crippen LogP contribution in [0, 0.1) is 25.5 Å². The molecular formula is C10H14F2. The third kappa shape index (κ3) is 2.29. The maximum Gasteiger partial charge on any atom is 0.126 e. The van der Waals surface area contributed by atoms with Crippen molar-refractivity contribution >= 4 is 0 Å². The molecule has 12 heavy (non-hydrogen) atoms. The lowest BCUT2D eigenvalue weighted by Crippen LogP contribution is -1.90. The lowest BCUT2D eigenvalue weighted by molar-refractivity contribution is 0.584. The molecule has 0 aliphatic carbocycles. The second-order valence-corrected chi connectivity index (χ2v) is 2.28. The van der Waals surface area contributed by atoms with Crippen molar-refractivity contribution in [1.29, 1.82) is 0 Å². The Morgan fingerprint density at radius 2 is 1.08 bits per heavy atom. The van der Waals surface area contributed by atoms with Crippen LogP contribution in [0.1, 0.15) is 25.0 Å². The number of benzene rings is 1. The van der Waals surface area contributed by atoms with Crippen LogP contribution >= 0.6 is 0 Å². The third-order valence-electron chi connectivity index (χ3n) is 1.65. The summed E-state index contributed by atoms with van der Waals surface area (Å²) in [4.78, 5) is 0. The van der Waals surface area contributed by atoms with Crippen LogP contribution in [0.3, 0.4) is 0 Å². The minimum Gasteiger partial charge on any atom is -0.207 e. The lowest BCUT2D eigenvalue weighted by Gasteiger charge is -2.00. The molecule has 0 spiro atoms. The summed E-state index contributed by atoms with van der Waals surface area (Å²) < 4.78 is 25.2. The van der Waals surface area contributed by atoms with E-state index in [0.29, 0.717) is 11.1 Å². The zero-order valence-electron chi connectivity index (χ0n) is 7.91. The van der Waals surface area contributed by atoms with Crippen molar-refractivity contribution in [3.05, 3.63) is 34.9 Å². The first kappa shape index (κ1) is 11.1. The second kappa shape index (κ2) is 4.86. The molecule has 0 saturated heterocycles. The van der Waals surface area contributed by atoms with Gasteiger partial charge in [0.15, 0.2) is 0 Å². The van der Waals surface area contributed by atoms with Gasteiger partial charge in [0, 0.05) is 0 Å². The average Bonchev–Trinajstić information content (AvgIpc) is 2.12. The molecule has 0 nitrogen and oxygen atoms in total. The van der Waals surface area contributed by atoms with Gasteiger partial charge in [-0.15, -0.1) is 0 Å². The van der Waals surface area contributed by atoms with Crippen LogP contribution in [-0.2, 0) is 0 Å². The Morgan fingerprint density at radius 3 is 1.33 bits per heavy atom. The predicted molar refractivity (Wildman–Crippen MR) is 47.2 cm³/mol. The maximum atomic E-state index is 12.6. The van der Waals surface area contributed by atoms with Gasteiger partial charge in [-0.05, 0) is 37.1 Å². The molecule has 2 heteroatoms. The zero-order valence-corrected chi connectivity index (χ0v) is 7.91. The number of rotatable bonds is 0. The first-order chi connectivity index (χ1) is 5.63. The molecule has 0 N–H and O–H groups in total. The van der Waals surface area contributed by atoms with Gasteiger partial charge < -0.3 is 0 Å². The monoisotopic (exact) mass is 172 g/mol. The normalized spacial score (nSPS) is 8.83. The number of hydrogen-bond donors (Lipinski definition) is 0. The third-order valence-corrected chi connectivity index (χ3v) is 1.65. The molecule has 1 aromatic rings. The highest BCUT2D eigenvalue weighted by Gasteiger charge is 2.03. The molecule has 0 fully saturated rings. The maximum absolute atomic E-state index is 12.6. The van der Waals surface area contributed by atoms with E-state index in [4.69, 9.17) is 0 Å². The molecular weight excluding hydrogens is 158 g/mol. The summed E-state index contributed by atoms with van der Waals surface area (Å²) in [5.74, 6) is -0.696. The van der Waals surface area contributed by atoms with Gasteiger partial charge in [0.2, 0.25) is 0 Å². The van der Waals surface area contributed by atoms with Crippen molar-refractivity contribution in [2.45, 2.75) is 27.7 Å². The fourth-order valence-corrected chi connectivity index (χ4v) is 0.755. The molecule has 0 radical (unpaired) electrons. The molecule has 0 bridgehead atoms. The fraction of sp³-hybridized carbons (Fsp3) is 0.400. The van der Waals surface area contributed by atoms with Crippen LogP contribution in [0.25, 0.3) is 0 Å². The average molecular weight is 172 g/mol. The number of halogens is 2. The summed E-state index contributed by atoms with van der Waals surface area (Å²) in [5, 5.41) is 0. The van der Waals surface area contributed by atoms with E-state index in [9.17, 15) is 8.78 Å².